The highest BCUT2D eigenvalue weighted by Crippen LogP contribution is 2.39. The molecular weight excluding hydrogens is 416 g/mol. The van der Waals surface area contributed by atoms with Gasteiger partial charge < -0.3 is 10.6 Å². The standard InChI is InChI=1S/C21H28N6O3S/c1-25(2)21-23-14-17(15-7-9-16(10-8-15)20(22)28)19(24-21)18-6-5-13-27(18)31(29,30)26-11-3-4-12-26/h7-10,14,18H,3-6,11-13H2,1-2H3,(H2,22,28)/t18-/m1/s1. The number of benzene rings is 1. The molecule has 1 aromatic heterocycles. The summed E-state index contributed by atoms with van der Waals surface area (Å²) in [5.41, 5.74) is 8.04. The SMILES string of the molecule is CN(C)c1ncc(-c2ccc(C(N)=O)cc2)c([C@H]2CCCN2S(=O)(=O)N2CCCC2)n1. The van der Waals surface area contributed by atoms with Crippen molar-refractivity contribution in [1.82, 2.24) is 18.6 Å². The van der Waals surface area contributed by atoms with Crippen molar-refractivity contribution in [3.05, 3.63) is 41.7 Å². The molecule has 31 heavy (non-hydrogen) atoms. The fourth-order valence-electron chi connectivity index (χ4n) is 4.25. The van der Waals surface area contributed by atoms with Crippen LogP contribution in [0.25, 0.3) is 11.1 Å². The van der Waals surface area contributed by atoms with Gasteiger partial charge >= 0.3 is 0 Å². The Labute approximate surface area is 183 Å². The van der Waals surface area contributed by atoms with E-state index in [1.54, 1.807) is 44.0 Å². The van der Waals surface area contributed by atoms with Crippen LogP contribution in [0, 0.1) is 0 Å². The van der Waals surface area contributed by atoms with Crippen LogP contribution in [0.1, 0.15) is 47.8 Å². The zero-order chi connectivity index (χ0) is 22.2. The number of carbonyl (C=O) groups is 1. The van der Waals surface area contributed by atoms with Crippen molar-refractivity contribution >= 4 is 22.1 Å². The van der Waals surface area contributed by atoms with Crippen molar-refractivity contribution in [2.75, 3.05) is 38.6 Å². The molecule has 0 unspecified atom stereocenters. The molecule has 4 rings (SSSR count). The van der Waals surface area contributed by atoms with Gasteiger partial charge in [-0.2, -0.15) is 17.0 Å². The molecule has 0 radical (unpaired) electrons. The number of carbonyl (C=O) groups excluding carboxylic acids is 1. The van der Waals surface area contributed by atoms with Gasteiger partial charge in [0, 0.05) is 51.1 Å². The molecule has 2 fully saturated rings. The maximum Gasteiger partial charge on any atom is 0.282 e. The predicted octanol–water partition coefficient (Wildman–Crippen LogP) is 1.79. The molecule has 10 heteroatoms. The Balaban J connectivity index is 1.78. The summed E-state index contributed by atoms with van der Waals surface area (Å²) < 4.78 is 29.9. The van der Waals surface area contributed by atoms with Crippen LogP contribution in [0.3, 0.4) is 0 Å². The Kier molecular flexibility index (Phi) is 5.96. The lowest BCUT2D eigenvalue weighted by atomic mass is 9.99. The van der Waals surface area contributed by atoms with Crippen LogP contribution in [0.4, 0.5) is 5.95 Å². The van der Waals surface area contributed by atoms with Crippen LogP contribution in [-0.2, 0) is 10.2 Å². The van der Waals surface area contributed by atoms with Gasteiger partial charge in [-0.1, -0.05) is 12.1 Å². The first-order chi connectivity index (χ1) is 14.8. The highest BCUT2D eigenvalue weighted by molar-refractivity contribution is 7.86. The number of hydrogen-bond donors (Lipinski definition) is 1. The van der Waals surface area contributed by atoms with Crippen molar-refractivity contribution in [2.24, 2.45) is 5.73 Å². The molecule has 0 spiro atoms. The van der Waals surface area contributed by atoms with E-state index in [9.17, 15) is 13.2 Å². The monoisotopic (exact) mass is 444 g/mol. The van der Waals surface area contributed by atoms with Crippen molar-refractivity contribution < 1.29 is 13.2 Å². The van der Waals surface area contributed by atoms with E-state index in [0.717, 1.165) is 30.4 Å². The predicted molar refractivity (Wildman–Crippen MR) is 119 cm³/mol. The normalized spacial score (nSPS) is 20.3. The Bertz CT molecular complexity index is 1070. The third-order valence-corrected chi connectivity index (χ3v) is 7.94. The van der Waals surface area contributed by atoms with Gasteiger partial charge in [0.1, 0.15) is 0 Å². The molecule has 1 atom stereocenters. The molecule has 2 aromatic rings. The van der Waals surface area contributed by atoms with Crippen LogP contribution in [-0.4, -0.2) is 66.6 Å². The molecule has 2 aliphatic rings. The lowest BCUT2D eigenvalue weighted by Crippen LogP contribution is -2.42. The number of nitrogens with zero attached hydrogens (tertiary/aromatic N) is 5. The molecule has 0 bridgehead atoms. The highest BCUT2D eigenvalue weighted by atomic mass is 32.2. The number of aromatic nitrogens is 2. The van der Waals surface area contributed by atoms with Crippen molar-refractivity contribution in [1.29, 1.82) is 0 Å². The van der Waals surface area contributed by atoms with Crippen LogP contribution in [0.15, 0.2) is 30.5 Å². The zero-order valence-electron chi connectivity index (χ0n) is 17.9. The molecule has 0 aliphatic carbocycles. The van der Waals surface area contributed by atoms with E-state index in [1.807, 2.05) is 14.1 Å². The molecule has 1 amide bonds. The maximum atomic E-state index is 13.4. The highest BCUT2D eigenvalue weighted by Gasteiger charge is 2.41. The second kappa shape index (κ2) is 8.52. The van der Waals surface area contributed by atoms with Crippen molar-refractivity contribution in [2.45, 2.75) is 31.7 Å². The summed E-state index contributed by atoms with van der Waals surface area (Å²) in [6.45, 7) is 1.62. The average molecular weight is 445 g/mol. The van der Waals surface area contributed by atoms with Gasteiger partial charge in [-0.15, -0.1) is 0 Å². The van der Waals surface area contributed by atoms with Gasteiger partial charge in [0.2, 0.25) is 11.9 Å². The summed E-state index contributed by atoms with van der Waals surface area (Å²) in [6, 6.07) is 6.55. The number of amides is 1. The Morgan fingerprint density at radius 3 is 2.39 bits per heavy atom. The zero-order valence-corrected chi connectivity index (χ0v) is 18.7. The first-order valence-corrected chi connectivity index (χ1v) is 11.9. The van der Waals surface area contributed by atoms with E-state index in [2.05, 4.69) is 4.98 Å². The third-order valence-electron chi connectivity index (χ3n) is 5.89. The van der Waals surface area contributed by atoms with E-state index in [4.69, 9.17) is 10.7 Å². The number of rotatable bonds is 6. The lowest BCUT2D eigenvalue weighted by Gasteiger charge is -2.29. The van der Waals surface area contributed by atoms with Gasteiger partial charge in [-0.25, -0.2) is 9.97 Å². The molecule has 2 N–H and O–H groups in total. The van der Waals surface area contributed by atoms with Crippen molar-refractivity contribution in [3.63, 3.8) is 0 Å². The molecule has 3 heterocycles. The van der Waals surface area contributed by atoms with Gasteiger partial charge in [-0.3, -0.25) is 4.79 Å². The Morgan fingerprint density at radius 1 is 1.10 bits per heavy atom. The van der Waals surface area contributed by atoms with Gasteiger partial charge in [0.15, 0.2) is 0 Å². The van der Waals surface area contributed by atoms with E-state index < -0.39 is 16.1 Å². The second-order valence-electron chi connectivity index (χ2n) is 8.19. The molecule has 2 saturated heterocycles. The van der Waals surface area contributed by atoms with Crippen molar-refractivity contribution in [3.8, 4) is 11.1 Å². The van der Waals surface area contributed by atoms with E-state index in [1.165, 1.54) is 0 Å². The molecular formula is C21H28N6O3S. The van der Waals surface area contributed by atoms with Gasteiger partial charge in [0.05, 0.1) is 11.7 Å². The number of anilines is 1. The molecule has 2 aliphatic heterocycles. The minimum atomic E-state index is -3.55. The second-order valence-corrected chi connectivity index (χ2v) is 10.1. The smallest absolute Gasteiger partial charge is 0.282 e. The summed E-state index contributed by atoms with van der Waals surface area (Å²) in [5.74, 6) is 0.0302. The van der Waals surface area contributed by atoms with Crippen LogP contribution >= 0.6 is 0 Å². The van der Waals surface area contributed by atoms with E-state index in [0.29, 0.717) is 43.3 Å². The summed E-state index contributed by atoms with van der Waals surface area (Å²) in [6.07, 6.45) is 5.00. The first-order valence-electron chi connectivity index (χ1n) is 10.5. The van der Waals surface area contributed by atoms with Crippen LogP contribution in [0.5, 0.6) is 0 Å². The fraction of sp³-hybridized carbons (Fsp3) is 0.476. The van der Waals surface area contributed by atoms with Gasteiger partial charge in [0.25, 0.3) is 10.2 Å². The molecule has 9 nitrogen and oxygen atoms in total. The van der Waals surface area contributed by atoms with Crippen LogP contribution < -0.4 is 10.6 Å². The summed E-state index contributed by atoms with van der Waals surface area (Å²) >= 11 is 0. The molecule has 1 aromatic carbocycles. The van der Waals surface area contributed by atoms with Gasteiger partial charge in [-0.05, 0) is 43.4 Å². The minimum Gasteiger partial charge on any atom is -0.366 e. The molecule has 0 saturated carbocycles. The topological polar surface area (TPSA) is 113 Å². The number of nitrogens with two attached hydrogens (primary N) is 1. The quantitative estimate of drug-likeness (QED) is 0.727. The maximum absolute atomic E-state index is 13.4. The summed E-state index contributed by atoms with van der Waals surface area (Å²) in [4.78, 5) is 22.5. The average Bonchev–Trinajstić information content (AvgIpc) is 3.46. The lowest BCUT2D eigenvalue weighted by molar-refractivity contribution is 0.100. The largest absolute Gasteiger partial charge is 0.366 e. The Hall–Kier alpha value is -2.56. The van der Waals surface area contributed by atoms with Crippen LogP contribution in [0.2, 0.25) is 0 Å². The third kappa shape index (κ3) is 4.15. The number of hydrogen-bond acceptors (Lipinski definition) is 6. The fourth-order valence-corrected chi connectivity index (χ4v) is 6.15. The van der Waals surface area contributed by atoms with E-state index >= 15 is 0 Å². The minimum absolute atomic E-state index is 0.363. The summed E-state index contributed by atoms with van der Waals surface area (Å²) in [5, 5.41) is 0. The Morgan fingerprint density at radius 2 is 1.77 bits per heavy atom. The summed E-state index contributed by atoms with van der Waals surface area (Å²) in [7, 11) is 0.156. The van der Waals surface area contributed by atoms with E-state index in [-0.39, 0.29) is 6.04 Å². The molecule has 166 valence electrons. The number of primary amides is 1. The first kappa shape index (κ1) is 21.7.